The maximum Gasteiger partial charge on any atom is 0.328 e. The molecule has 2 aromatic rings. The molecule has 124 valence electrons. The fraction of sp³-hybridized carbons (Fsp3) is 0.333. The van der Waals surface area contributed by atoms with E-state index in [1.165, 1.54) is 18.2 Å². The van der Waals surface area contributed by atoms with Crippen molar-refractivity contribution in [3.63, 3.8) is 0 Å². The molecule has 0 saturated carbocycles. The summed E-state index contributed by atoms with van der Waals surface area (Å²) in [4.78, 5) is 11.7. The van der Waals surface area contributed by atoms with Gasteiger partial charge in [0.15, 0.2) is 0 Å². The third-order valence-electron chi connectivity index (χ3n) is 2.58. The summed E-state index contributed by atoms with van der Waals surface area (Å²) < 4.78 is 25.4. The Kier molecular flexibility index (Phi) is 4.79. The van der Waals surface area contributed by atoms with Crippen molar-refractivity contribution in [1.82, 2.24) is 9.78 Å². The van der Waals surface area contributed by atoms with E-state index in [1.54, 1.807) is 20.8 Å². The van der Waals surface area contributed by atoms with Crippen LogP contribution in [-0.4, -0.2) is 21.4 Å². The fourth-order valence-corrected chi connectivity index (χ4v) is 1.89. The van der Waals surface area contributed by atoms with E-state index in [9.17, 15) is 9.18 Å². The van der Waals surface area contributed by atoms with E-state index < -0.39 is 17.4 Å². The Labute approximate surface area is 137 Å². The Morgan fingerprint density at radius 1 is 1.43 bits per heavy atom. The predicted octanol–water partition coefficient (Wildman–Crippen LogP) is 3.39. The molecule has 0 unspecified atom stereocenters. The third kappa shape index (κ3) is 4.85. The molecule has 0 atom stereocenters. The van der Waals surface area contributed by atoms with Crippen LogP contribution in [0.3, 0.4) is 0 Å². The van der Waals surface area contributed by atoms with Crippen LogP contribution in [0.1, 0.15) is 20.8 Å². The molecule has 0 fully saturated rings. The average molecular weight is 342 g/mol. The number of ether oxygens (including phenoxy) is 2. The first-order valence-corrected chi connectivity index (χ1v) is 7.19. The van der Waals surface area contributed by atoms with Gasteiger partial charge in [0.25, 0.3) is 5.88 Å². The molecule has 0 spiro atoms. The fourth-order valence-electron chi connectivity index (χ4n) is 1.72. The lowest BCUT2D eigenvalue weighted by Gasteiger charge is -2.19. The van der Waals surface area contributed by atoms with Crippen molar-refractivity contribution in [2.24, 2.45) is 0 Å². The first-order chi connectivity index (χ1) is 10.6. The molecule has 0 aliphatic rings. The summed E-state index contributed by atoms with van der Waals surface area (Å²) in [6.45, 7) is 5.01. The van der Waals surface area contributed by atoms with Gasteiger partial charge in [-0.1, -0.05) is 11.6 Å². The summed E-state index contributed by atoms with van der Waals surface area (Å²) in [5.74, 6) is -1.22. The maximum atomic E-state index is 13.8. The zero-order valence-corrected chi connectivity index (χ0v) is 13.7. The largest absolute Gasteiger partial charge is 0.459 e. The minimum atomic E-state index is -0.707. The zero-order chi connectivity index (χ0) is 17.2. The second-order valence-electron chi connectivity index (χ2n) is 5.85. The number of carbonyl (C=O) groups is 1. The lowest BCUT2D eigenvalue weighted by molar-refractivity contribution is -0.155. The standard InChI is InChI=1S/C15H17ClFN3O3/c1-15(2,3)23-13(21)8-20-7-11(17)14(19-20)22-9-4-5-12(18)10(16)6-9/h4-7H,8,18H2,1-3H3. The van der Waals surface area contributed by atoms with Crippen molar-refractivity contribution in [1.29, 1.82) is 0 Å². The smallest absolute Gasteiger partial charge is 0.328 e. The number of nitrogens with zero attached hydrogens (tertiary/aromatic N) is 2. The van der Waals surface area contributed by atoms with Gasteiger partial charge < -0.3 is 15.2 Å². The third-order valence-corrected chi connectivity index (χ3v) is 2.91. The number of benzene rings is 1. The van der Waals surface area contributed by atoms with Crippen LogP contribution < -0.4 is 10.5 Å². The van der Waals surface area contributed by atoms with E-state index in [4.69, 9.17) is 26.8 Å². The Balaban J connectivity index is 2.08. The topological polar surface area (TPSA) is 79.4 Å². The monoisotopic (exact) mass is 341 g/mol. The van der Waals surface area contributed by atoms with Crippen LogP contribution in [0.25, 0.3) is 0 Å². The number of hydrogen-bond acceptors (Lipinski definition) is 5. The number of rotatable bonds is 4. The van der Waals surface area contributed by atoms with E-state index in [0.717, 1.165) is 10.9 Å². The maximum absolute atomic E-state index is 13.8. The number of nitrogen functional groups attached to an aromatic ring is 1. The number of hydrogen-bond donors (Lipinski definition) is 1. The molecule has 0 aliphatic carbocycles. The second kappa shape index (κ2) is 6.45. The van der Waals surface area contributed by atoms with Gasteiger partial charge in [0.1, 0.15) is 17.9 Å². The number of halogens is 2. The first-order valence-electron chi connectivity index (χ1n) is 6.82. The Morgan fingerprint density at radius 3 is 2.74 bits per heavy atom. The van der Waals surface area contributed by atoms with E-state index >= 15 is 0 Å². The normalized spacial score (nSPS) is 11.3. The summed E-state index contributed by atoms with van der Waals surface area (Å²) in [5.41, 5.74) is 5.35. The molecule has 0 amide bonds. The number of anilines is 1. The quantitative estimate of drug-likeness (QED) is 0.681. The predicted molar refractivity (Wildman–Crippen MR) is 84.0 cm³/mol. The van der Waals surface area contributed by atoms with Gasteiger partial charge >= 0.3 is 5.97 Å². The highest BCUT2D eigenvalue weighted by atomic mass is 35.5. The molecule has 0 bridgehead atoms. The van der Waals surface area contributed by atoms with Crippen molar-refractivity contribution >= 4 is 23.3 Å². The van der Waals surface area contributed by atoms with Crippen molar-refractivity contribution in [3.8, 4) is 11.6 Å². The van der Waals surface area contributed by atoms with Crippen molar-refractivity contribution < 1.29 is 18.7 Å². The van der Waals surface area contributed by atoms with Gasteiger partial charge in [-0.25, -0.2) is 0 Å². The van der Waals surface area contributed by atoms with Crippen LogP contribution >= 0.6 is 11.6 Å². The Morgan fingerprint density at radius 2 is 2.13 bits per heavy atom. The molecule has 2 rings (SSSR count). The molecule has 1 aromatic carbocycles. The van der Waals surface area contributed by atoms with Crippen LogP contribution in [0.2, 0.25) is 5.02 Å². The van der Waals surface area contributed by atoms with Crippen LogP contribution in [-0.2, 0) is 16.1 Å². The number of nitrogens with two attached hydrogens (primary N) is 1. The van der Waals surface area contributed by atoms with E-state index in [2.05, 4.69) is 5.10 Å². The van der Waals surface area contributed by atoms with Gasteiger partial charge in [-0.2, -0.15) is 4.39 Å². The summed E-state index contributed by atoms with van der Waals surface area (Å²) in [7, 11) is 0. The average Bonchev–Trinajstić information content (AvgIpc) is 2.71. The van der Waals surface area contributed by atoms with Crippen LogP contribution in [0.4, 0.5) is 10.1 Å². The van der Waals surface area contributed by atoms with Crippen molar-refractivity contribution in [3.05, 3.63) is 35.2 Å². The number of aromatic nitrogens is 2. The van der Waals surface area contributed by atoms with Crippen LogP contribution in [0.15, 0.2) is 24.4 Å². The van der Waals surface area contributed by atoms with E-state index in [0.29, 0.717) is 5.69 Å². The number of carbonyl (C=O) groups excluding carboxylic acids is 1. The molecule has 0 radical (unpaired) electrons. The highest BCUT2D eigenvalue weighted by molar-refractivity contribution is 6.33. The van der Waals surface area contributed by atoms with Crippen LogP contribution in [0, 0.1) is 5.82 Å². The van der Waals surface area contributed by atoms with Gasteiger partial charge in [-0.15, -0.1) is 5.10 Å². The lowest BCUT2D eigenvalue weighted by atomic mass is 10.2. The van der Waals surface area contributed by atoms with Gasteiger partial charge in [0.2, 0.25) is 5.82 Å². The molecule has 1 aromatic heterocycles. The minimum Gasteiger partial charge on any atom is -0.459 e. The zero-order valence-electron chi connectivity index (χ0n) is 13.0. The van der Waals surface area contributed by atoms with Gasteiger partial charge in [0, 0.05) is 6.07 Å². The lowest BCUT2D eigenvalue weighted by Crippen LogP contribution is -2.26. The second-order valence-corrected chi connectivity index (χ2v) is 6.26. The first kappa shape index (κ1) is 17.1. The molecule has 0 saturated heterocycles. The number of esters is 1. The van der Waals surface area contributed by atoms with Crippen LogP contribution in [0.5, 0.6) is 11.6 Å². The summed E-state index contributed by atoms with van der Waals surface area (Å²) in [6, 6.07) is 4.52. The summed E-state index contributed by atoms with van der Waals surface area (Å²) in [5, 5.41) is 4.16. The molecule has 0 aliphatic heterocycles. The van der Waals surface area contributed by atoms with Gasteiger partial charge in [-0.05, 0) is 32.9 Å². The van der Waals surface area contributed by atoms with E-state index in [1.807, 2.05) is 0 Å². The molecule has 2 N–H and O–H groups in total. The molecule has 23 heavy (non-hydrogen) atoms. The summed E-state index contributed by atoms with van der Waals surface area (Å²) in [6.07, 6.45) is 1.05. The highest BCUT2D eigenvalue weighted by Crippen LogP contribution is 2.28. The van der Waals surface area contributed by atoms with Gasteiger partial charge in [0.05, 0.1) is 16.9 Å². The minimum absolute atomic E-state index is 0.222. The summed E-state index contributed by atoms with van der Waals surface area (Å²) >= 11 is 5.87. The van der Waals surface area contributed by atoms with Gasteiger partial charge in [-0.3, -0.25) is 9.48 Å². The highest BCUT2D eigenvalue weighted by Gasteiger charge is 2.19. The molecule has 1 heterocycles. The Bertz CT molecular complexity index is 725. The van der Waals surface area contributed by atoms with Crippen molar-refractivity contribution in [2.45, 2.75) is 32.9 Å². The Hall–Kier alpha value is -2.28. The van der Waals surface area contributed by atoms with E-state index in [-0.39, 0.29) is 23.2 Å². The molecular formula is C15H17ClFN3O3. The van der Waals surface area contributed by atoms with Crippen molar-refractivity contribution in [2.75, 3.05) is 5.73 Å². The molecule has 8 heteroatoms. The SMILES string of the molecule is CC(C)(C)OC(=O)Cn1cc(F)c(Oc2ccc(N)c(Cl)c2)n1. The molecular weight excluding hydrogens is 325 g/mol. The molecule has 6 nitrogen and oxygen atoms in total.